The van der Waals surface area contributed by atoms with Gasteiger partial charge in [-0.2, -0.15) is 4.31 Å². The maximum Gasteiger partial charge on any atom is 0.247 e. The van der Waals surface area contributed by atoms with E-state index >= 15 is 0 Å². The van der Waals surface area contributed by atoms with E-state index in [1.807, 2.05) is 13.8 Å². The number of carbonyl (C=O) groups excluding carboxylic acids is 1. The summed E-state index contributed by atoms with van der Waals surface area (Å²) in [6.07, 6.45) is -2.15. The average molecular weight is 598 g/mol. The summed E-state index contributed by atoms with van der Waals surface area (Å²) in [6, 6.07) is 4.04. The number of amides is 1. The van der Waals surface area contributed by atoms with Crippen LogP contribution in [0.1, 0.15) is 58.9 Å². The van der Waals surface area contributed by atoms with E-state index in [0.29, 0.717) is 35.7 Å². The van der Waals surface area contributed by atoms with Gasteiger partial charge in [0.25, 0.3) is 0 Å². The van der Waals surface area contributed by atoms with E-state index in [2.05, 4.69) is 15.6 Å². The maximum absolute atomic E-state index is 13.9. The molecule has 7 nitrogen and oxygen atoms in total. The summed E-state index contributed by atoms with van der Waals surface area (Å²) < 4.78 is 67.6. The number of halogens is 5. The molecule has 0 aromatic heterocycles. The van der Waals surface area contributed by atoms with Gasteiger partial charge in [0.15, 0.2) is 6.04 Å². The highest BCUT2D eigenvalue weighted by Crippen LogP contribution is 2.71. The molecule has 4 aliphatic rings. The lowest BCUT2D eigenvalue weighted by Gasteiger charge is -2.73. The summed E-state index contributed by atoms with van der Waals surface area (Å²) in [4.78, 5) is 17.5. The molecule has 5 rings (SSSR count). The molecule has 1 amide bonds. The van der Waals surface area contributed by atoms with Crippen LogP contribution in [0.2, 0.25) is 10.0 Å². The number of rotatable bonds is 11. The molecule has 1 aliphatic heterocycles. The minimum Gasteiger partial charge on any atom is -0.366 e. The molecule has 2 bridgehead atoms. The van der Waals surface area contributed by atoms with Crippen molar-refractivity contribution in [3.05, 3.63) is 33.8 Å². The Balaban J connectivity index is 1.53. The fourth-order valence-electron chi connectivity index (χ4n) is 5.71. The number of nitrogens with zero attached hydrogens (tertiary/aromatic N) is 2. The number of nitrogens with one attached hydrogen (secondary N) is 2. The Bertz CT molecular complexity index is 1230. The molecule has 2 N–H and O–H groups in total. The van der Waals surface area contributed by atoms with Crippen LogP contribution in [0.3, 0.4) is 0 Å². The van der Waals surface area contributed by atoms with Crippen molar-refractivity contribution in [2.45, 2.75) is 89.1 Å². The predicted molar refractivity (Wildman–Crippen MR) is 142 cm³/mol. The molecule has 3 fully saturated rings. The van der Waals surface area contributed by atoms with Crippen molar-refractivity contribution < 1.29 is 26.4 Å². The minimum atomic E-state index is -4.02. The Morgan fingerprint density at radius 1 is 1.24 bits per heavy atom. The Labute approximate surface area is 231 Å². The van der Waals surface area contributed by atoms with E-state index in [1.54, 1.807) is 18.2 Å². The molecular formula is C25H33Cl2F3N4O3S. The van der Waals surface area contributed by atoms with Crippen LogP contribution in [0.4, 0.5) is 13.2 Å². The first-order valence-electron chi connectivity index (χ1n) is 12.4. The van der Waals surface area contributed by atoms with Gasteiger partial charge in [-0.05, 0) is 64.7 Å². The average Bonchev–Trinajstić information content (AvgIpc) is 3.05. The molecule has 38 heavy (non-hydrogen) atoms. The Morgan fingerprint density at radius 3 is 2.42 bits per heavy atom. The highest BCUT2D eigenvalue weighted by Gasteiger charge is 2.75. The Hall–Kier alpha value is -1.56. The molecule has 3 aliphatic carbocycles. The Morgan fingerprint density at radius 2 is 1.87 bits per heavy atom. The van der Waals surface area contributed by atoms with Crippen LogP contribution >= 0.6 is 23.2 Å². The SMILES string of the molecule is CC(C)(F)CNC(=O)[C@@H]1N=C(C23CC(N(Cc4ccc(Cl)c(Cl)c4)S(=O)(=O)CCC(F)F)(C2)C3)NC1(C)C. The van der Waals surface area contributed by atoms with E-state index in [9.17, 15) is 26.4 Å². The van der Waals surface area contributed by atoms with Crippen LogP contribution in [0.15, 0.2) is 23.2 Å². The minimum absolute atomic E-state index is 0.0199. The van der Waals surface area contributed by atoms with Gasteiger partial charge in [0, 0.05) is 23.9 Å². The molecule has 212 valence electrons. The van der Waals surface area contributed by atoms with Crippen molar-refractivity contribution >= 4 is 45.0 Å². The van der Waals surface area contributed by atoms with Gasteiger partial charge in [0.1, 0.15) is 11.5 Å². The van der Waals surface area contributed by atoms with Crippen molar-refractivity contribution in [3.8, 4) is 0 Å². The zero-order chi connectivity index (χ0) is 28.3. The third-order valence-corrected chi connectivity index (χ3v) is 10.3. The summed E-state index contributed by atoms with van der Waals surface area (Å²) in [5.41, 5.74) is -2.85. The molecule has 13 heteroatoms. The number of sulfonamides is 1. The summed E-state index contributed by atoms with van der Waals surface area (Å²) >= 11 is 12.1. The van der Waals surface area contributed by atoms with Gasteiger partial charge in [-0.3, -0.25) is 9.79 Å². The number of amidine groups is 1. The van der Waals surface area contributed by atoms with E-state index in [-0.39, 0.29) is 24.0 Å². The van der Waals surface area contributed by atoms with E-state index in [4.69, 9.17) is 23.2 Å². The van der Waals surface area contributed by atoms with Crippen molar-refractivity contribution in [3.63, 3.8) is 0 Å². The standard InChI is InChI=1S/C25H33Cl2F3N4O3S/c1-22(2,30)14-31-20(35)19-23(3,4)33-21(32-19)24-11-25(12-24,13-24)34(38(36,37)8-7-18(28)29)10-15-5-6-16(26)17(27)9-15/h5-6,9,18-19H,7-8,10-14H2,1-4H3,(H,31,35)(H,32,33)/t19-,24?,25?/m0/s1. The fourth-order valence-corrected chi connectivity index (χ4v) is 7.86. The van der Waals surface area contributed by atoms with Crippen LogP contribution < -0.4 is 10.6 Å². The van der Waals surface area contributed by atoms with Gasteiger partial charge in [-0.25, -0.2) is 21.6 Å². The highest BCUT2D eigenvalue weighted by atomic mass is 35.5. The number of benzene rings is 1. The Kier molecular flexibility index (Phi) is 7.60. The van der Waals surface area contributed by atoms with Crippen molar-refractivity contribution in [1.82, 2.24) is 14.9 Å². The fraction of sp³-hybridized carbons (Fsp3) is 0.680. The number of aliphatic imine (C=N–C) groups is 1. The zero-order valence-electron chi connectivity index (χ0n) is 21.8. The van der Waals surface area contributed by atoms with Crippen LogP contribution in [0.25, 0.3) is 0 Å². The summed E-state index contributed by atoms with van der Waals surface area (Å²) in [5, 5.41) is 6.55. The quantitative estimate of drug-likeness (QED) is 0.387. The monoisotopic (exact) mass is 596 g/mol. The molecule has 0 radical (unpaired) electrons. The molecule has 1 aromatic carbocycles. The molecule has 0 unspecified atom stereocenters. The van der Waals surface area contributed by atoms with Crippen LogP contribution in [-0.2, 0) is 21.4 Å². The maximum atomic E-state index is 13.9. The highest BCUT2D eigenvalue weighted by molar-refractivity contribution is 7.89. The van der Waals surface area contributed by atoms with Gasteiger partial charge in [0.05, 0.1) is 27.9 Å². The lowest BCUT2D eigenvalue weighted by atomic mass is 9.38. The molecular weight excluding hydrogens is 564 g/mol. The van der Waals surface area contributed by atoms with Gasteiger partial charge in [-0.15, -0.1) is 0 Å². The lowest BCUT2D eigenvalue weighted by molar-refractivity contribution is -0.151. The summed E-state index contributed by atoms with van der Waals surface area (Å²) in [6.45, 7) is 6.26. The second kappa shape index (κ2) is 9.82. The molecule has 3 saturated carbocycles. The number of hydrogen-bond acceptors (Lipinski definition) is 5. The first-order chi connectivity index (χ1) is 17.4. The number of carbonyl (C=O) groups is 1. The van der Waals surface area contributed by atoms with E-state index < -0.39 is 56.8 Å². The normalized spacial score (nSPS) is 28.0. The predicted octanol–water partition coefficient (Wildman–Crippen LogP) is 4.72. The first kappa shape index (κ1) is 29.4. The van der Waals surface area contributed by atoms with Crippen molar-refractivity contribution in [2.24, 2.45) is 10.4 Å². The molecule has 0 spiro atoms. The van der Waals surface area contributed by atoms with Crippen LogP contribution in [-0.4, -0.2) is 66.0 Å². The second-order valence-electron chi connectivity index (χ2n) is 11.9. The third-order valence-electron chi connectivity index (χ3n) is 7.59. The van der Waals surface area contributed by atoms with Crippen molar-refractivity contribution in [2.75, 3.05) is 12.3 Å². The second-order valence-corrected chi connectivity index (χ2v) is 14.8. The number of hydrogen-bond donors (Lipinski definition) is 2. The topological polar surface area (TPSA) is 90.9 Å². The van der Waals surface area contributed by atoms with Crippen LogP contribution in [0, 0.1) is 5.41 Å². The third kappa shape index (κ3) is 5.67. The molecule has 1 aromatic rings. The largest absolute Gasteiger partial charge is 0.366 e. The van der Waals surface area contributed by atoms with Crippen molar-refractivity contribution in [1.29, 1.82) is 0 Å². The van der Waals surface area contributed by atoms with E-state index in [0.717, 1.165) is 0 Å². The number of alkyl halides is 3. The molecule has 0 saturated heterocycles. The smallest absolute Gasteiger partial charge is 0.247 e. The van der Waals surface area contributed by atoms with E-state index in [1.165, 1.54) is 18.2 Å². The first-order valence-corrected chi connectivity index (χ1v) is 14.8. The van der Waals surface area contributed by atoms with Gasteiger partial charge >= 0.3 is 0 Å². The molecule has 1 heterocycles. The lowest BCUT2D eigenvalue weighted by Crippen LogP contribution is -2.78. The zero-order valence-corrected chi connectivity index (χ0v) is 24.1. The van der Waals surface area contributed by atoms with Gasteiger partial charge in [0.2, 0.25) is 22.4 Å². The van der Waals surface area contributed by atoms with Crippen LogP contribution in [0.5, 0.6) is 0 Å². The van der Waals surface area contributed by atoms with Gasteiger partial charge in [-0.1, -0.05) is 29.3 Å². The summed E-state index contributed by atoms with van der Waals surface area (Å²) in [7, 11) is -4.02. The summed E-state index contributed by atoms with van der Waals surface area (Å²) in [5.74, 6) is -0.427. The molecule has 1 atom stereocenters. The van der Waals surface area contributed by atoms with Gasteiger partial charge < -0.3 is 10.6 Å².